The fraction of sp³-hybridized carbons (Fsp3) is 0.391. The Morgan fingerprint density at radius 2 is 1.71 bits per heavy atom. The number of carbonyl (C=O) groups is 1. The second-order valence-electron chi connectivity index (χ2n) is 7.72. The lowest BCUT2D eigenvalue weighted by molar-refractivity contribution is -0.122. The maximum atomic E-state index is 12.9. The van der Waals surface area contributed by atoms with Crippen LogP contribution < -0.4 is 10.1 Å². The Morgan fingerprint density at radius 3 is 2.29 bits per heavy atom. The second kappa shape index (κ2) is 9.94. The molecule has 1 aliphatic carbocycles. The van der Waals surface area contributed by atoms with Crippen molar-refractivity contribution in [3.8, 4) is 11.8 Å². The summed E-state index contributed by atoms with van der Waals surface area (Å²) >= 11 is 0. The highest BCUT2D eigenvalue weighted by atomic mass is 32.2. The molecule has 1 amide bonds. The van der Waals surface area contributed by atoms with E-state index in [-0.39, 0.29) is 16.8 Å². The number of nitrogens with one attached hydrogen (secondary N) is 1. The SMILES string of the molecule is CC(Oc1ccc(C#N)cc1)C(=O)Nc1ccc(S(=O)(=O)N(C)C2CCCCC2)cc1. The van der Waals surface area contributed by atoms with Crippen molar-refractivity contribution in [1.29, 1.82) is 5.26 Å². The number of benzene rings is 2. The standard InChI is InChI=1S/C23H27N3O4S/c1-17(30-21-12-8-18(16-24)9-13-21)23(27)25-19-10-14-22(15-11-19)31(28,29)26(2)20-6-4-3-5-7-20/h8-15,17,20H,3-7H2,1-2H3,(H,25,27). The van der Waals surface area contributed by atoms with Crippen LogP contribution >= 0.6 is 0 Å². The average Bonchev–Trinajstić information content (AvgIpc) is 2.80. The van der Waals surface area contributed by atoms with Crippen LogP contribution in [0.2, 0.25) is 0 Å². The van der Waals surface area contributed by atoms with Gasteiger partial charge in [-0.05, 0) is 68.3 Å². The number of hydrogen-bond acceptors (Lipinski definition) is 5. The number of nitrogens with zero attached hydrogens (tertiary/aromatic N) is 2. The largest absolute Gasteiger partial charge is 0.481 e. The molecule has 7 nitrogen and oxygen atoms in total. The summed E-state index contributed by atoms with van der Waals surface area (Å²) in [6.07, 6.45) is 4.28. The molecule has 1 aliphatic rings. The van der Waals surface area contributed by atoms with Gasteiger partial charge in [-0.15, -0.1) is 0 Å². The fourth-order valence-electron chi connectivity index (χ4n) is 3.63. The van der Waals surface area contributed by atoms with Gasteiger partial charge in [0.05, 0.1) is 16.5 Å². The van der Waals surface area contributed by atoms with Gasteiger partial charge in [0.15, 0.2) is 6.10 Å². The first-order valence-corrected chi connectivity index (χ1v) is 11.8. The Hall–Kier alpha value is -2.89. The Bertz CT molecular complexity index is 1040. The highest BCUT2D eigenvalue weighted by molar-refractivity contribution is 7.89. The van der Waals surface area contributed by atoms with Crippen molar-refractivity contribution in [3.05, 3.63) is 54.1 Å². The van der Waals surface area contributed by atoms with Crippen molar-refractivity contribution in [2.24, 2.45) is 0 Å². The second-order valence-corrected chi connectivity index (χ2v) is 9.72. The Morgan fingerprint density at radius 1 is 1.10 bits per heavy atom. The van der Waals surface area contributed by atoms with Crippen molar-refractivity contribution in [2.45, 2.75) is 56.1 Å². The Kier molecular flexibility index (Phi) is 7.31. The number of rotatable bonds is 7. The lowest BCUT2D eigenvalue weighted by Crippen LogP contribution is -2.38. The highest BCUT2D eigenvalue weighted by Gasteiger charge is 2.29. The minimum absolute atomic E-state index is 0.0401. The zero-order chi connectivity index (χ0) is 22.4. The molecule has 1 atom stereocenters. The highest BCUT2D eigenvalue weighted by Crippen LogP contribution is 2.27. The first kappa shape index (κ1) is 22.8. The number of amides is 1. The minimum atomic E-state index is -3.57. The van der Waals surface area contributed by atoms with E-state index in [0.717, 1.165) is 32.1 Å². The third-order valence-electron chi connectivity index (χ3n) is 5.55. The number of ether oxygens (including phenoxy) is 1. The van der Waals surface area contributed by atoms with E-state index in [0.29, 0.717) is 17.0 Å². The molecule has 31 heavy (non-hydrogen) atoms. The third-order valence-corrected chi connectivity index (χ3v) is 7.48. The van der Waals surface area contributed by atoms with Gasteiger partial charge in [-0.3, -0.25) is 4.79 Å². The molecule has 0 bridgehead atoms. The van der Waals surface area contributed by atoms with Gasteiger partial charge in [0.1, 0.15) is 5.75 Å². The first-order chi connectivity index (χ1) is 14.8. The van der Waals surface area contributed by atoms with Crippen LogP contribution in [0, 0.1) is 11.3 Å². The van der Waals surface area contributed by atoms with Crippen LogP contribution in [0.25, 0.3) is 0 Å². The fourth-order valence-corrected chi connectivity index (χ4v) is 5.04. The van der Waals surface area contributed by atoms with Gasteiger partial charge in [-0.25, -0.2) is 8.42 Å². The van der Waals surface area contributed by atoms with Crippen LogP contribution in [0.15, 0.2) is 53.4 Å². The first-order valence-electron chi connectivity index (χ1n) is 10.4. The topological polar surface area (TPSA) is 99.5 Å². The molecule has 1 fully saturated rings. The molecule has 0 aromatic heterocycles. The van der Waals surface area contributed by atoms with Gasteiger partial charge in [-0.1, -0.05) is 19.3 Å². The van der Waals surface area contributed by atoms with Crippen molar-refractivity contribution in [1.82, 2.24) is 4.31 Å². The predicted molar refractivity (Wildman–Crippen MR) is 118 cm³/mol. The van der Waals surface area contributed by atoms with E-state index in [1.807, 2.05) is 6.07 Å². The number of hydrogen-bond donors (Lipinski definition) is 1. The zero-order valence-corrected chi connectivity index (χ0v) is 18.6. The smallest absolute Gasteiger partial charge is 0.265 e. The van der Waals surface area contributed by atoms with E-state index in [4.69, 9.17) is 10.00 Å². The Labute approximate surface area is 183 Å². The van der Waals surface area contributed by atoms with Gasteiger partial charge in [0, 0.05) is 18.8 Å². The van der Waals surface area contributed by atoms with Gasteiger partial charge < -0.3 is 10.1 Å². The van der Waals surface area contributed by atoms with E-state index in [9.17, 15) is 13.2 Å². The number of anilines is 1. The number of carbonyl (C=O) groups excluding carboxylic acids is 1. The molecule has 0 aliphatic heterocycles. The average molecular weight is 442 g/mol. The Balaban J connectivity index is 1.61. The lowest BCUT2D eigenvalue weighted by Gasteiger charge is -2.30. The van der Waals surface area contributed by atoms with E-state index < -0.39 is 16.1 Å². The monoisotopic (exact) mass is 441 g/mol. The molecule has 1 saturated carbocycles. The van der Waals surface area contributed by atoms with E-state index in [1.165, 1.54) is 16.4 Å². The van der Waals surface area contributed by atoms with E-state index in [2.05, 4.69) is 5.32 Å². The number of nitriles is 1. The molecule has 1 unspecified atom stereocenters. The molecule has 0 saturated heterocycles. The lowest BCUT2D eigenvalue weighted by atomic mass is 9.96. The van der Waals surface area contributed by atoms with Gasteiger partial charge in [0.2, 0.25) is 10.0 Å². The summed E-state index contributed by atoms with van der Waals surface area (Å²) in [5.74, 6) is 0.119. The molecule has 8 heteroatoms. The van der Waals surface area contributed by atoms with E-state index in [1.54, 1.807) is 50.4 Å². The molecular formula is C23H27N3O4S. The summed E-state index contributed by atoms with van der Waals surface area (Å²) in [5.41, 5.74) is 0.994. The maximum absolute atomic E-state index is 12.9. The van der Waals surface area contributed by atoms with Crippen LogP contribution in [-0.4, -0.2) is 37.8 Å². The summed E-state index contributed by atoms with van der Waals surface area (Å²) in [5, 5.41) is 11.6. The van der Waals surface area contributed by atoms with Crippen LogP contribution in [0.3, 0.4) is 0 Å². The van der Waals surface area contributed by atoms with E-state index >= 15 is 0 Å². The van der Waals surface area contributed by atoms with Crippen molar-refractivity contribution in [3.63, 3.8) is 0 Å². The molecule has 164 valence electrons. The summed E-state index contributed by atoms with van der Waals surface area (Å²) < 4.78 is 32.9. The van der Waals surface area contributed by atoms with Gasteiger partial charge in [0.25, 0.3) is 5.91 Å². The normalized spacial score (nSPS) is 15.8. The molecule has 3 rings (SSSR count). The maximum Gasteiger partial charge on any atom is 0.265 e. The van der Waals surface area contributed by atoms with Crippen molar-refractivity contribution in [2.75, 3.05) is 12.4 Å². The predicted octanol–water partition coefficient (Wildman–Crippen LogP) is 3.92. The molecule has 2 aromatic rings. The molecule has 0 heterocycles. The quantitative estimate of drug-likeness (QED) is 0.702. The van der Waals surface area contributed by atoms with Crippen LogP contribution in [0.4, 0.5) is 5.69 Å². The number of sulfonamides is 1. The van der Waals surface area contributed by atoms with Gasteiger partial charge >= 0.3 is 0 Å². The minimum Gasteiger partial charge on any atom is -0.481 e. The summed E-state index contributed by atoms with van der Waals surface area (Å²) in [4.78, 5) is 12.6. The summed E-state index contributed by atoms with van der Waals surface area (Å²) in [6.45, 7) is 1.62. The zero-order valence-electron chi connectivity index (χ0n) is 17.7. The molecular weight excluding hydrogens is 414 g/mol. The van der Waals surface area contributed by atoms with Crippen LogP contribution in [0.5, 0.6) is 5.75 Å². The summed E-state index contributed by atoms with van der Waals surface area (Å²) in [7, 11) is -1.93. The van der Waals surface area contributed by atoms with Gasteiger partial charge in [-0.2, -0.15) is 9.57 Å². The van der Waals surface area contributed by atoms with Crippen LogP contribution in [0.1, 0.15) is 44.6 Å². The molecule has 0 radical (unpaired) electrons. The van der Waals surface area contributed by atoms with Crippen molar-refractivity contribution < 1.29 is 17.9 Å². The summed E-state index contributed by atoms with van der Waals surface area (Å²) in [6, 6.07) is 14.7. The molecule has 2 aromatic carbocycles. The van der Waals surface area contributed by atoms with Crippen molar-refractivity contribution >= 4 is 21.6 Å². The van der Waals surface area contributed by atoms with Crippen LogP contribution in [-0.2, 0) is 14.8 Å². The third kappa shape index (κ3) is 5.63. The molecule has 0 spiro atoms. The molecule has 1 N–H and O–H groups in total.